The Morgan fingerprint density at radius 3 is 0.658 bits per heavy atom. The summed E-state index contributed by atoms with van der Waals surface area (Å²) in [6.45, 7) is 6.68. The van der Waals surface area contributed by atoms with Crippen LogP contribution in [0.15, 0.2) is 36.5 Å². The average Bonchev–Trinajstić information content (AvgIpc) is 3.42. The Morgan fingerprint density at radius 2 is 0.434 bits per heavy atom. The maximum absolute atomic E-state index is 12.9. The van der Waals surface area contributed by atoms with E-state index in [0.29, 0.717) is 19.3 Å². The van der Waals surface area contributed by atoms with E-state index in [9.17, 15) is 14.4 Å². The number of carbonyl (C=O) groups is 3. The van der Waals surface area contributed by atoms with Crippen LogP contribution in [0.3, 0.4) is 0 Å². The topological polar surface area (TPSA) is 78.9 Å². The molecule has 0 bridgehead atoms. The lowest BCUT2D eigenvalue weighted by molar-refractivity contribution is -0.167. The van der Waals surface area contributed by atoms with Crippen LogP contribution in [0.4, 0.5) is 0 Å². The van der Waals surface area contributed by atoms with Crippen LogP contribution in [0.25, 0.3) is 0 Å². The summed E-state index contributed by atoms with van der Waals surface area (Å²) in [5.74, 6) is -0.859. The van der Waals surface area contributed by atoms with Crippen molar-refractivity contribution in [2.45, 2.75) is 380 Å². The zero-order valence-electron chi connectivity index (χ0n) is 51.3. The predicted octanol–water partition coefficient (Wildman–Crippen LogP) is 23.2. The molecule has 0 aromatic rings. The minimum Gasteiger partial charge on any atom is -0.462 e. The normalized spacial score (nSPS) is 12.2. The second-order valence-corrected chi connectivity index (χ2v) is 23.1. The van der Waals surface area contributed by atoms with Gasteiger partial charge in [0.1, 0.15) is 13.2 Å². The Bertz CT molecular complexity index is 1270. The van der Waals surface area contributed by atoms with Gasteiger partial charge < -0.3 is 14.2 Å². The van der Waals surface area contributed by atoms with E-state index >= 15 is 0 Å². The molecule has 0 heterocycles. The average molecular weight is 1070 g/mol. The highest BCUT2D eigenvalue weighted by atomic mass is 16.6. The van der Waals surface area contributed by atoms with Gasteiger partial charge in [-0.3, -0.25) is 14.4 Å². The van der Waals surface area contributed by atoms with Crippen molar-refractivity contribution < 1.29 is 28.6 Å². The van der Waals surface area contributed by atoms with Gasteiger partial charge in [-0.05, 0) is 96.3 Å². The summed E-state index contributed by atoms with van der Waals surface area (Å²) < 4.78 is 17.0. The van der Waals surface area contributed by atoms with E-state index in [1.165, 1.54) is 270 Å². The number of carbonyl (C=O) groups excluding carboxylic acids is 3. The van der Waals surface area contributed by atoms with Crippen molar-refractivity contribution in [3.05, 3.63) is 36.5 Å². The predicted molar refractivity (Wildman–Crippen MR) is 330 cm³/mol. The van der Waals surface area contributed by atoms with Crippen LogP contribution in [0.5, 0.6) is 0 Å². The highest BCUT2D eigenvalue weighted by molar-refractivity contribution is 5.71. The number of unbranched alkanes of at least 4 members (excludes halogenated alkanes) is 46. The van der Waals surface area contributed by atoms with Gasteiger partial charge in [0.15, 0.2) is 6.10 Å². The van der Waals surface area contributed by atoms with E-state index in [-0.39, 0.29) is 31.1 Å². The highest BCUT2D eigenvalue weighted by Crippen LogP contribution is 2.17. The molecule has 6 heteroatoms. The largest absolute Gasteiger partial charge is 0.462 e. The van der Waals surface area contributed by atoms with Gasteiger partial charge in [0, 0.05) is 19.3 Å². The van der Waals surface area contributed by atoms with Crippen LogP contribution in [-0.2, 0) is 28.6 Å². The molecule has 0 fully saturated rings. The molecule has 1 atom stereocenters. The summed E-state index contributed by atoms with van der Waals surface area (Å²) in [6.07, 6.45) is 80.2. The summed E-state index contributed by atoms with van der Waals surface area (Å²) in [4.78, 5) is 38.4. The first kappa shape index (κ1) is 73.6. The van der Waals surface area contributed by atoms with Crippen molar-refractivity contribution in [1.82, 2.24) is 0 Å². The Hall–Kier alpha value is -2.37. The quantitative estimate of drug-likeness (QED) is 0.0261. The number of esters is 3. The van der Waals surface area contributed by atoms with E-state index in [1.54, 1.807) is 0 Å². The highest BCUT2D eigenvalue weighted by Gasteiger charge is 2.19. The summed E-state index contributed by atoms with van der Waals surface area (Å²) >= 11 is 0. The molecule has 0 aromatic heterocycles. The van der Waals surface area contributed by atoms with Crippen LogP contribution in [0, 0.1) is 0 Å². The first-order chi connectivity index (χ1) is 37.5. The van der Waals surface area contributed by atoms with E-state index in [0.717, 1.165) is 64.2 Å². The SMILES string of the molecule is CCCCCCC/C=C\CCCCCCCC(=O)OCC(COC(=O)CCCCCCCCCCCCCCC/C=C\CCCCCCCCCC)OC(=O)CCCCCCCCCCC/C=C\CCCCCCCC. The molecule has 0 spiro atoms. The number of ether oxygens (including phenoxy) is 3. The van der Waals surface area contributed by atoms with Gasteiger partial charge >= 0.3 is 17.9 Å². The number of allylic oxidation sites excluding steroid dienone is 6. The van der Waals surface area contributed by atoms with Gasteiger partial charge in [-0.1, -0.05) is 295 Å². The van der Waals surface area contributed by atoms with Gasteiger partial charge in [0.2, 0.25) is 0 Å². The fourth-order valence-electron chi connectivity index (χ4n) is 10.2. The summed E-state index contributed by atoms with van der Waals surface area (Å²) in [6, 6.07) is 0. The Labute approximate surface area is 474 Å². The monoisotopic (exact) mass is 1070 g/mol. The molecule has 0 N–H and O–H groups in total. The van der Waals surface area contributed by atoms with Crippen molar-refractivity contribution in [1.29, 1.82) is 0 Å². The van der Waals surface area contributed by atoms with Gasteiger partial charge in [-0.25, -0.2) is 0 Å². The fraction of sp³-hybridized carbons (Fsp3) is 0.871. The molecule has 0 rings (SSSR count). The molecule has 0 saturated carbocycles. The molecule has 0 aliphatic carbocycles. The summed E-state index contributed by atoms with van der Waals surface area (Å²) in [5.41, 5.74) is 0. The lowest BCUT2D eigenvalue weighted by Crippen LogP contribution is -2.30. The minimum absolute atomic E-state index is 0.0720. The fourth-order valence-corrected chi connectivity index (χ4v) is 10.2. The molecule has 0 amide bonds. The Kier molecular flexibility index (Phi) is 63.1. The van der Waals surface area contributed by atoms with Crippen LogP contribution in [0.1, 0.15) is 374 Å². The molecule has 0 saturated heterocycles. The van der Waals surface area contributed by atoms with E-state index in [2.05, 4.69) is 57.2 Å². The molecule has 0 radical (unpaired) electrons. The van der Waals surface area contributed by atoms with Crippen molar-refractivity contribution in [3.8, 4) is 0 Å². The van der Waals surface area contributed by atoms with E-state index in [1.807, 2.05) is 0 Å². The zero-order chi connectivity index (χ0) is 55.0. The molecule has 0 aliphatic heterocycles. The van der Waals surface area contributed by atoms with Crippen molar-refractivity contribution in [2.75, 3.05) is 13.2 Å². The maximum atomic E-state index is 12.9. The third kappa shape index (κ3) is 62.5. The van der Waals surface area contributed by atoms with Crippen LogP contribution >= 0.6 is 0 Å². The van der Waals surface area contributed by atoms with Crippen LogP contribution < -0.4 is 0 Å². The molecule has 0 aromatic carbocycles. The maximum Gasteiger partial charge on any atom is 0.306 e. The number of hydrogen-bond acceptors (Lipinski definition) is 6. The lowest BCUT2D eigenvalue weighted by Gasteiger charge is -2.18. The number of hydrogen-bond donors (Lipinski definition) is 0. The minimum atomic E-state index is -0.776. The van der Waals surface area contributed by atoms with E-state index in [4.69, 9.17) is 14.2 Å². The number of rotatable bonds is 63. The second kappa shape index (κ2) is 65.2. The summed E-state index contributed by atoms with van der Waals surface area (Å²) in [5, 5.41) is 0. The van der Waals surface area contributed by atoms with Crippen molar-refractivity contribution >= 4 is 17.9 Å². The third-order valence-electron chi connectivity index (χ3n) is 15.3. The smallest absolute Gasteiger partial charge is 0.306 e. The first-order valence-electron chi connectivity index (χ1n) is 34.0. The standard InChI is InChI=1S/C70H130O6/c1-4-7-10-13-16-19-22-25-28-30-32-33-34-35-36-37-39-40-42-45-48-51-54-57-60-63-69(72)75-66-67(65-74-68(71)62-59-56-53-50-47-44-27-24-21-18-15-12-9-6-3)76-70(73)64-61-58-55-52-49-46-43-41-38-31-29-26-23-20-17-14-11-8-5-2/h24,26-27,29-30,32,67H,4-23,25,28,31,33-66H2,1-3H3/b27-24-,29-26-,32-30-. The van der Waals surface area contributed by atoms with Crippen molar-refractivity contribution in [2.24, 2.45) is 0 Å². The molecule has 76 heavy (non-hydrogen) atoms. The van der Waals surface area contributed by atoms with Crippen molar-refractivity contribution in [3.63, 3.8) is 0 Å². The van der Waals surface area contributed by atoms with Crippen LogP contribution in [0.2, 0.25) is 0 Å². The molecular weight excluding hydrogens is 937 g/mol. The van der Waals surface area contributed by atoms with Gasteiger partial charge in [-0.15, -0.1) is 0 Å². The zero-order valence-corrected chi connectivity index (χ0v) is 51.3. The summed E-state index contributed by atoms with van der Waals surface area (Å²) in [7, 11) is 0. The third-order valence-corrected chi connectivity index (χ3v) is 15.3. The molecule has 0 aliphatic rings. The van der Waals surface area contributed by atoms with E-state index < -0.39 is 6.10 Å². The molecular formula is C70H130O6. The second-order valence-electron chi connectivity index (χ2n) is 23.1. The lowest BCUT2D eigenvalue weighted by atomic mass is 10.0. The first-order valence-corrected chi connectivity index (χ1v) is 34.0. The van der Waals surface area contributed by atoms with Gasteiger partial charge in [0.25, 0.3) is 0 Å². The molecule has 446 valence electrons. The Morgan fingerprint density at radius 1 is 0.250 bits per heavy atom. The van der Waals surface area contributed by atoms with Crippen LogP contribution in [-0.4, -0.2) is 37.2 Å². The Balaban J connectivity index is 4.26. The van der Waals surface area contributed by atoms with Gasteiger partial charge in [-0.2, -0.15) is 0 Å². The van der Waals surface area contributed by atoms with Gasteiger partial charge in [0.05, 0.1) is 0 Å². The molecule has 1 unspecified atom stereocenters. The molecule has 6 nitrogen and oxygen atoms in total.